The van der Waals surface area contributed by atoms with Crippen LogP contribution in [0.2, 0.25) is 0 Å². The van der Waals surface area contributed by atoms with Crippen LogP contribution in [0.4, 0.5) is 85.3 Å². The van der Waals surface area contributed by atoms with Crippen molar-refractivity contribution in [3.8, 4) is 11.5 Å². The van der Waals surface area contributed by atoms with E-state index in [9.17, 15) is 0 Å². The van der Waals surface area contributed by atoms with Crippen LogP contribution in [0.15, 0.2) is 224 Å². The summed E-state index contributed by atoms with van der Waals surface area (Å²) in [5.41, 5.74) is 16.4. The van der Waals surface area contributed by atoms with Crippen LogP contribution >= 0.6 is 0 Å². The average molecular weight is 772 g/mol. The molecule has 284 valence electrons. The number of hydrogen-bond donors (Lipinski definition) is 0. The molecule has 9 aromatic rings. The van der Waals surface area contributed by atoms with Gasteiger partial charge in [-0.05, 0) is 133 Å². The van der Waals surface area contributed by atoms with Crippen molar-refractivity contribution in [3.05, 3.63) is 224 Å². The summed E-state index contributed by atoms with van der Waals surface area (Å²) in [6.07, 6.45) is 0. The van der Waals surface area contributed by atoms with E-state index in [-0.39, 0.29) is 0 Å². The zero-order valence-electron chi connectivity index (χ0n) is 32.5. The summed E-state index contributed by atoms with van der Waals surface area (Å²) >= 11 is 0. The summed E-state index contributed by atoms with van der Waals surface area (Å²) in [5, 5.41) is 0. The van der Waals surface area contributed by atoms with E-state index in [2.05, 4.69) is 225 Å². The van der Waals surface area contributed by atoms with Crippen LogP contribution in [-0.4, -0.2) is 0 Å². The quantitative estimate of drug-likeness (QED) is 0.173. The lowest BCUT2D eigenvalue weighted by Crippen LogP contribution is -2.24. The van der Waals surface area contributed by atoms with Gasteiger partial charge < -0.3 is 29.2 Å². The Kier molecular flexibility index (Phi) is 7.74. The van der Waals surface area contributed by atoms with Gasteiger partial charge in [-0.15, -0.1) is 0 Å². The molecular weight excluding hydrogens is 735 g/mol. The molecular formula is C54H37N5O. The van der Waals surface area contributed by atoms with Crippen molar-refractivity contribution >= 4 is 85.3 Å². The topological polar surface area (TPSA) is 25.4 Å². The number of fused-ring (bicyclic) bond motifs is 6. The van der Waals surface area contributed by atoms with E-state index in [1.165, 1.54) is 0 Å². The van der Waals surface area contributed by atoms with Gasteiger partial charge >= 0.3 is 0 Å². The second-order valence-corrected chi connectivity index (χ2v) is 15.0. The summed E-state index contributed by atoms with van der Waals surface area (Å²) < 4.78 is 6.30. The Bertz CT molecular complexity index is 2920. The third-order valence-corrected chi connectivity index (χ3v) is 11.6. The van der Waals surface area contributed by atoms with E-state index in [0.717, 1.165) is 96.8 Å². The molecule has 0 saturated carbocycles. The van der Waals surface area contributed by atoms with Gasteiger partial charge in [0, 0.05) is 28.4 Å². The summed E-state index contributed by atoms with van der Waals surface area (Å²) in [4.78, 5) is 11.8. The molecule has 0 bridgehead atoms. The van der Waals surface area contributed by atoms with Crippen molar-refractivity contribution in [2.75, 3.05) is 24.5 Å². The van der Waals surface area contributed by atoms with E-state index in [1.54, 1.807) is 0 Å². The Morgan fingerprint density at radius 2 is 0.383 bits per heavy atom. The van der Waals surface area contributed by atoms with E-state index in [4.69, 9.17) is 4.74 Å². The monoisotopic (exact) mass is 771 g/mol. The van der Waals surface area contributed by atoms with Gasteiger partial charge in [-0.3, -0.25) is 0 Å². The minimum Gasteiger partial charge on any atom is -0.453 e. The lowest BCUT2D eigenvalue weighted by Gasteiger charge is -2.41. The van der Waals surface area contributed by atoms with Crippen LogP contribution in [0, 0.1) is 0 Å². The van der Waals surface area contributed by atoms with Gasteiger partial charge in [0.1, 0.15) is 0 Å². The molecule has 0 unspecified atom stereocenters. The van der Waals surface area contributed by atoms with Crippen LogP contribution in [0.25, 0.3) is 0 Å². The first-order chi connectivity index (χ1) is 29.8. The number of anilines is 15. The highest BCUT2D eigenvalue weighted by molar-refractivity contribution is 6.04. The molecule has 12 rings (SSSR count). The summed E-state index contributed by atoms with van der Waals surface area (Å²) in [7, 11) is 0. The number of rotatable bonds is 5. The molecule has 6 heteroatoms. The maximum absolute atomic E-state index is 6.30. The predicted octanol–water partition coefficient (Wildman–Crippen LogP) is 15.8. The summed E-state index contributed by atoms with van der Waals surface area (Å²) in [6.45, 7) is 0. The number of benzene rings is 9. The lowest BCUT2D eigenvalue weighted by molar-refractivity contribution is 0.477. The van der Waals surface area contributed by atoms with Gasteiger partial charge in [0.15, 0.2) is 11.5 Å². The van der Waals surface area contributed by atoms with Crippen LogP contribution in [0.3, 0.4) is 0 Å². The number of hydrogen-bond acceptors (Lipinski definition) is 6. The third-order valence-electron chi connectivity index (χ3n) is 11.6. The van der Waals surface area contributed by atoms with Crippen molar-refractivity contribution in [3.63, 3.8) is 0 Å². The second-order valence-electron chi connectivity index (χ2n) is 15.0. The van der Waals surface area contributed by atoms with Crippen LogP contribution in [0.5, 0.6) is 11.5 Å². The molecule has 6 nitrogen and oxygen atoms in total. The van der Waals surface area contributed by atoms with Gasteiger partial charge in [0.05, 0.1) is 56.9 Å². The fourth-order valence-electron chi connectivity index (χ4n) is 9.06. The molecule has 3 heterocycles. The molecule has 0 atom stereocenters. The molecule has 0 fully saturated rings. The van der Waals surface area contributed by atoms with Gasteiger partial charge in [-0.25, -0.2) is 0 Å². The van der Waals surface area contributed by atoms with Crippen LogP contribution < -0.4 is 29.2 Å². The van der Waals surface area contributed by atoms with Gasteiger partial charge in [0.2, 0.25) is 0 Å². The SMILES string of the molecule is c1ccc(N2c3ccccc3N(c3ccc(N4c5ccccc5N(c5ccc(N6c7ccccc7Oc7ccccc76)cc5)c5ccccc54)cc3)c3ccccc32)cc1. The predicted molar refractivity (Wildman–Crippen MR) is 247 cm³/mol. The molecule has 0 N–H and O–H groups in total. The summed E-state index contributed by atoms with van der Waals surface area (Å²) in [5.74, 6) is 1.68. The van der Waals surface area contributed by atoms with E-state index >= 15 is 0 Å². The van der Waals surface area contributed by atoms with Crippen molar-refractivity contribution in [1.82, 2.24) is 0 Å². The number of nitrogens with zero attached hydrogens (tertiary/aromatic N) is 5. The fourth-order valence-corrected chi connectivity index (χ4v) is 9.06. The number of para-hydroxylation sites is 13. The minimum absolute atomic E-state index is 0.840. The molecule has 0 aliphatic carbocycles. The van der Waals surface area contributed by atoms with Crippen LogP contribution in [-0.2, 0) is 0 Å². The highest BCUT2D eigenvalue weighted by Crippen LogP contribution is 2.57. The Morgan fingerprint density at radius 3 is 0.667 bits per heavy atom. The van der Waals surface area contributed by atoms with E-state index < -0.39 is 0 Å². The molecule has 3 aliphatic heterocycles. The molecule has 60 heavy (non-hydrogen) atoms. The smallest absolute Gasteiger partial charge is 0.151 e. The highest BCUT2D eigenvalue weighted by atomic mass is 16.5. The Balaban J connectivity index is 0.918. The molecule has 0 saturated heterocycles. The van der Waals surface area contributed by atoms with Gasteiger partial charge in [0.25, 0.3) is 0 Å². The molecule has 3 aliphatic rings. The maximum Gasteiger partial charge on any atom is 0.151 e. The third kappa shape index (κ3) is 5.28. The maximum atomic E-state index is 6.30. The second kappa shape index (κ2) is 13.7. The largest absolute Gasteiger partial charge is 0.453 e. The zero-order valence-corrected chi connectivity index (χ0v) is 32.5. The lowest BCUT2D eigenvalue weighted by atomic mass is 10.0. The molecule has 9 aromatic carbocycles. The van der Waals surface area contributed by atoms with Crippen molar-refractivity contribution < 1.29 is 4.74 Å². The average Bonchev–Trinajstić information content (AvgIpc) is 3.32. The van der Waals surface area contributed by atoms with Gasteiger partial charge in [-0.1, -0.05) is 91.0 Å². The first kappa shape index (κ1) is 33.9. The molecule has 0 spiro atoms. The molecule has 0 aromatic heterocycles. The molecule has 0 radical (unpaired) electrons. The Morgan fingerprint density at radius 1 is 0.183 bits per heavy atom. The van der Waals surface area contributed by atoms with Crippen LogP contribution in [0.1, 0.15) is 0 Å². The Hall–Kier alpha value is -8.22. The molecule has 0 amide bonds. The number of ether oxygens (including phenoxy) is 1. The highest BCUT2D eigenvalue weighted by Gasteiger charge is 2.33. The minimum atomic E-state index is 0.840. The first-order valence-corrected chi connectivity index (χ1v) is 20.3. The first-order valence-electron chi connectivity index (χ1n) is 20.3. The van der Waals surface area contributed by atoms with Crippen molar-refractivity contribution in [2.24, 2.45) is 0 Å². The van der Waals surface area contributed by atoms with E-state index in [0.29, 0.717) is 0 Å². The Labute approximate surface area is 349 Å². The van der Waals surface area contributed by atoms with Crippen molar-refractivity contribution in [2.45, 2.75) is 0 Å². The van der Waals surface area contributed by atoms with E-state index in [1.807, 2.05) is 24.3 Å². The van der Waals surface area contributed by atoms with Crippen molar-refractivity contribution in [1.29, 1.82) is 0 Å². The van der Waals surface area contributed by atoms with Gasteiger partial charge in [-0.2, -0.15) is 0 Å². The normalized spacial score (nSPS) is 13.3. The summed E-state index contributed by atoms with van der Waals surface area (Å²) in [6, 6.07) is 79.6. The fraction of sp³-hybridized carbons (Fsp3) is 0. The zero-order chi connectivity index (χ0) is 39.6. The standard InChI is InChI=1S/C54H37N5O/c1-2-16-38(17-3-1)55-43-18-4-6-20-45(43)56(46-21-7-5-19-44(46)55)39-30-32-40(33-31-39)57-47-22-8-10-24-49(47)58(50-25-11-9-23-48(50)57)41-34-36-42(37-35-41)59-51-26-12-14-28-53(51)60-54-29-15-13-27-52(54)59/h1-37H.